The van der Waals surface area contributed by atoms with Crippen LogP contribution in [-0.2, 0) is 0 Å². The Labute approximate surface area is 61.5 Å². The van der Waals surface area contributed by atoms with Crippen molar-refractivity contribution in [3.05, 3.63) is 0 Å². The third-order valence-electron chi connectivity index (χ3n) is 0. The molecule has 0 saturated heterocycles. The molecule has 4 nitrogen and oxygen atoms in total. The molecule has 0 aliphatic heterocycles. The van der Waals surface area contributed by atoms with Gasteiger partial charge in [0, 0.05) is 8.41 Å². The summed E-state index contributed by atoms with van der Waals surface area (Å²) in [6.45, 7) is 0. The van der Waals surface area contributed by atoms with E-state index < -0.39 is 0 Å². The first-order valence-corrected chi connectivity index (χ1v) is 0. The molecule has 0 fully saturated rings. The van der Waals surface area contributed by atoms with Crippen LogP contribution < -0.4 is 29.6 Å². The maximum absolute atomic E-state index is 0. The summed E-state index contributed by atoms with van der Waals surface area (Å²) < 4.78 is 0. The van der Waals surface area contributed by atoms with E-state index in [2.05, 4.69) is 0 Å². The van der Waals surface area contributed by atoms with Crippen LogP contribution in [0.4, 0.5) is 0 Å². The second kappa shape index (κ2) is 173. The minimum Gasteiger partial charge on any atom is -1.00 e. The molecule has 0 aromatic carbocycles. The van der Waals surface area contributed by atoms with Crippen LogP contribution in [-0.4, -0.2) is 30.3 Å². The normalized spacial score (nSPS) is 0. The summed E-state index contributed by atoms with van der Waals surface area (Å²) in [5.74, 6) is 0. The second-order valence-electron chi connectivity index (χ2n) is 0. The quantitative estimate of drug-likeness (QED) is 0.273. The Bertz CT molecular complexity index is 11.7. The van der Waals surface area contributed by atoms with Crippen molar-refractivity contribution in [1.82, 2.24) is 0 Å². The van der Waals surface area contributed by atoms with Gasteiger partial charge in [-0.25, -0.2) is 0 Å². The predicted molar refractivity (Wildman–Crippen MR) is 21.3 cm³/mol. The monoisotopic (exact) mass is 107 g/mol. The first-order valence-electron chi connectivity index (χ1n) is 0. The fourth-order valence-electron chi connectivity index (χ4n) is 0. The number of hydrogen-bond acceptors (Lipinski definition) is 0. The molecule has 0 atom stereocenters. The van der Waals surface area contributed by atoms with Gasteiger partial charge in [0.15, 0.2) is 0 Å². The number of hydrogen-bond donors (Lipinski definition) is 0. The first-order chi connectivity index (χ1) is 0. The predicted octanol–water partition coefficient (Wildman–Crippen LogP) is -6.56. The van der Waals surface area contributed by atoms with E-state index in [1.54, 1.807) is 0 Å². The Morgan fingerprint density at radius 3 is 0.667 bits per heavy atom. The zero-order valence-electron chi connectivity index (χ0n) is 4.58. The van der Waals surface area contributed by atoms with E-state index in [-0.39, 0.29) is 61.3 Å². The van der Waals surface area contributed by atoms with Gasteiger partial charge < -0.3 is 23.3 Å². The molecule has 0 aromatic heterocycles. The molecule has 0 saturated carbocycles. The molecular weight excluding hydrogens is 97.8 g/mol. The largest absolute Gasteiger partial charge is 1.00 e. The molecule has 0 aliphatic rings. The molecule has 0 unspecified atom stereocenters. The zero-order valence-corrected chi connectivity index (χ0v) is 5.58. The van der Waals surface area contributed by atoms with Gasteiger partial charge in [-0.1, -0.05) is 0 Å². The molecular formula is H9BNaO4. The average Bonchev–Trinajstić information content (AvgIpc) is 0. The van der Waals surface area contributed by atoms with E-state index in [9.17, 15) is 0 Å². The Balaban J connectivity index is 0. The molecule has 0 rings (SSSR count). The Kier molecular flexibility index (Phi) is 8500. The smallest absolute Gasteiger partial charge is 1.00 e. The van der Waals surface area contributed by atoms with Crippen molar-refractivity contribution in [2.24, 2.45) is 0 Å². The van der Waals surface area contributed by atoms with E-state index in [0.29, 0.717) is 0 Å². The van der Waals surface area contributed by atoms with Crippen molar-refractivity contribution < 1.29 is 52.9 Å². The molecule has 0 aromatic rings. The third kappa shape index (κ3) is 91.3. The van der Waals surface area contributed by atoms with Crippen molar-refractivity contribution in [2.75, 3.05) is 0 Å². The maximum atomic E-state index is 0. The van der Waals surface area contributed by atoms with Crippen LogP contribution in [0, 0.1) is 0 Å². The molecule has 0 bridgehead atoms. The minimum absolute atomic E-state index is 0. The van der Waals surface area contributed by atoms with Crippen LogP contribution in [0.25, 0.3) is 0 Å². The SMILES string of the molecule is O.O.O.O.[B].[H-].[Na+]. The van der Waals surface area contributed by atoms with Crippen molar-refractivity contribution in [3.8, 4) is 0 Å². The summed E-state index contributed by atoms with van der Waals surface area (Å²) in [5, 5.41) is 0. The summed E-state index contributed by atoms with van der Waals surface area (Å²) in [4.78, 5) is 0. The van der Waals surface area contributed by atoms with Gasteiger partial charge in [-0.05, 0) is 0 Å². The Morgan fingerprint density at radius 1 is 0.667 bits per heavy atom. The van der Waals surface area contributed by atoms with Gasteiger partial charge >= 0.3 is 29.6 Å². The second-order valence-corrected chi connectivity index (χ2v) is 0. The summed E-state index contributed by atoms with van der Waals surface area (Å²) in [5.41, 5.74) is 0. The Morgan fingerprint density at radius 2 is 0.667 bits per heavy atom. The van der Waals surface area contributed by atoms with Crippen LogP contribution in [0.5, 0.6) is 0 Å². The standard InChI is InChI=1S/B.Na.4H2O.H/h;;4*1H2;/q;+1;;;;;-1. The summed E-state index contributed by atoms with van der Waals surface area (Å²) in [6.07, 6.45) is 0. The van der Waals surface area contributed by atoms with Crippen LogP contribution in [0.1, 0.15) is 1.43 Å². The van der Waals surface area contributed by atoms with Gasteiger partial charge in [-0.2, -0.15) is 0 Å². The van der Waals surface area contributed by atoms with Gasteiger partial charge in [-0.3, -0.25) is 0 Å². The molecule has 0 aliphatic carbocycles. The van der Waals surface area contributed by atoms with Crippen LogP contribution in [0.15, 0.2) is 0 Å². The Hall–Kier alpha value is 0.905. The van der Waals surface area contributed by atoms with Crippen molar-refractivity contribution in [3.63, 3.8) is 0 Å². The molecule has 6 heavy (non-hydrogen) atoms. The van der Waals surface area contributed by atoms with Crippen molar-refractivity contribution >= 4 is 8.41 Å². The molecule has 6 heteroatoms. The third-order valence-corrected chi connectivity index (χ3v) is 0. The van der Waals surface area contributed by atoms with Crippen LogP contribution in [0.3, 0.4) is 0 Å². The van der Waals surface area contributed by atoms with E-state index in [1.807, 2.05) is 0 Å². The first kappa shape index (κ1) is 294. The minimum atomic E-state index is 0. The summed E-state index contributed by atoms with van der Waals surface area (Å²) in [6, 6.07) is 0. The van der Waals surface area contributed by atoms with Crippen molar-refractivity contribution in [1.29, 1.82) is 0 Å². The zero-order chi connectivity index (χ0) is 0. The van der Waals surface area contributed by atoms with Gasteiger partial charge in [0.2, 0.25) is 0 Å². The van der Waals surface area contributed by atoms with E-state index in [4.69, 9.17) is 0 Å². The fourth-order valence-corrected chi connectivity index (χ4v) is 0. The number of rotatable bonds is 0. The molecule has 0 heterocycles. The van der Waals surface area contributed by atoms with Crippen LogP contribution >= 0.6 is 0 Å². The van der Waals surface area contributed by atoms with Gasteiger partial charge in [0.25, 0.3) is 0 Å². The molecule has 0 amide bonds. The van der Waals surface area contributed by atoms with E-state index >= 15 is 0 Å². The van der Waals surface area contributed by atoms with Crippen LogP contribution in [0.2, 0.25) is 0 Å². The van der Waals surface area contributed by atoms with Gasteiger partial charge in [-0.15, -0.1) is 0 Å². The fraction of sp³-hybridized carbons (Fsp3) is 0. The topological polar surface area (TPSA) is 126 Å². The van der Waals surface area contributed by atoms with Gasteiger partial charge in [0.05, 0.1) is 0 Å². The maximum Gasteiger partial charge on any atom is 1.00 e. The molecule has 37 valence electrons. The molecule has 3 radical (unpaired) electrons. The summed E-state index contributed by atoms with van der Waals surface area (Å²) in [7, 11) is 0. The van der Waals surface area contributed by atoms with Crippen molar-refractivity contribution in [2.45, 2.75) is 0 Å². The van der Waals surface area contributed by atoms with Gasteiger partial charge in [0.1, 0.15) is 0 Å². The van der Waals surface area contributed by atoms with E-state index in [1.165, 1.54) is 0 Å². The molecule has 8 N–H and O–H groups in total. The van der Waals surface area contributed by atoms with E-state index in [0.717, 1.165) is 0 Å². The summed E-state index contributed by atoms with van der Waals surface area (Å²) >= 11 is 0. The molecule has 0 spiro atoms. The average molecular weight is 107 g/mol.